The normalized spacial score (nSPS) is 14.4. The van der Waals surface area contributed by atoms with Crippen LogP contribution < -0.4 is 21.5 Å². The number of nitrogens with one attached hydrogen (secondary N) is 2. The van der Waals surface area contributed by atoms with Gasteiger partial charge in [-0.25, -0.2) is 0 Å². The minimum absolute atomic E-state index is 0. The maximum Gasteiger partial charge on any atom is 0.257 e. The summed E-state index contributed by atoms with van der Waals surface area (Å²) in [7, 11) is 3.17. The molecule has 7 heteroatoms. The summed E-state index contributed by atoms with van der Waals surface area (Å²) in [6.45, 7) is 0. The van der Waals surface area contributed by atoms with E-state index in [-0.39, 0.29) is 42.7 Å². The van der Waals surface area contributed by atoms with Gasteiger partial charge in [-0.05, 0) is 30.5 Å². The Balaban J connectivity index is 0.00000171. The number of para-hydroxylation sites is 1. The van der Waals surface area contributed by atoms with Crippen molar-refractivity contribution in [3.8, 4) is 5.75 Å². The zero-order chi connectivity index (χ0) is 20.8. The van der Waals surface area contributed by atoms with Gasteiger partial charge in [-0.2, -0.15) is 0 Å². The molecule has 0 bridgehead atoms. The van der Waals surface area contributed by atoms with Gasteiger partial charge in [0.2, 0.25) is 0 Å². The third kappa shape index (κ3) is 3.14. The topological polar surface area (TPSA) is 98.7 Å². The molecule has 3 N–H and O–H groups in total. The smallest absolute Gasteiger partial charge is 0.257 e. The van der Waals surface area contributed by atoms with Gasteiger partial charge in [0.1, 0.15) is 11.4 Å². The number of carbonyl (C=O) groups is 1. The Hall–Kier alpha value is -3.61. The van der Waals surface area contributed by atoms with Crippen molar-refractivity contribution in [2.24, 2.45) is 0 Å². The third-order valence-electron chi connectivity index (χ3n) is 5.28. The monoisotopic (exact) mass is 395 g/mol. The van der Waals surface area contributed by atoms with E-state index in [4.69, 9.17) is 0 Å². The highest BCUT2D eigenvalue weighted by molar-refractivity contribution is 5.99. The van der Waals surface area contributed by atoms with E-state index in [1.54, 1.807) is 26.2 Å². The lowest BCUT2D eigenvalue weighted by Crippen LogP contribution is -2.39. The highest BCUT2D eigenvalue weighted by Crippen LogP contribution is 2.48. The molecule has 0 heterocycles. The van der Waals surface area contributed by atoms with Gasteiger partial charge in [-0.3, -0.25) is 14.4 Å². The first-order chi connectivity index (χ1) is 13.8. The maximum atomic E-state index is 12.2. The van der Waals surface area contributed by atoms with Crippen LogP contribution in [-0.4, -0.2) is 30.0 Å². The zero-order valence-corrected chi connectivity index (χ0v) is 16.2. The molecule has 0 saturated heterocycles. The van der Waals surface area contributed by atoms with Crippen molar-refractivity contribution in [2.45, 2.75) is 18.4 Å². The van der Waals surface area contributed by atoms with Gasteiger partial charge in [0.05, 0.1) is 16.8 Å². The number of anilines is 3. The van der Waals surface area contributed by atoms with Gasteiger partial charge in [0, 0.05) is 16.9 Å². The van der Waals surface area contributed by atoms with Gasteiger partial charge in [-0.1, -0.05) is 36.4 Å². The van der Waals surface area contributed by atoms with Crippen LogP contribution in [0.2, 0.25) is 0 Å². The SMILES string of the molecule is CN(C)C(=O)c1cccc(Nc2c(NC3(c4ccccc4)CC3)c(=O)c2=O)c1O.[HH].[HH]. The number of carbonyl (C=O) groups excluding carboxylic acids is 1. The predicted octanol–water partition coefficient (Wildman–Crippen LogP) is 3.03. The predicted molar refractivity (Wildman–Crippen MR) is 116 cm³/mol. The van der Waals surface area contributed by atoms with Crippen molar-refractivity contribution in [1.29, 1.82) is 0 Å². The lowest BCUT2D eigenvalue weighted by Gasteiger charge is -2.23. The maximum absolute atomic E-state index is 12.2. The van der Waals surface area contributed by atoms with E-state index in [2.05, 4.69) is 10.6 Å². The first kappa shape index (κ1) is 18.7. The molecule has 3 aromatic rings. The standard InChI is InChI=1S/C22H21N3O4.2H2/c1-25(2)21(29)14-9-6-10-15(18(14)26)23-16-17(20(28)19(16)27)24-22(11-12-22)13-7-4-3-5-8-13;;/h3-10,23-24,26H,11-12H2,1-2H3;2*1H. The van der Waals surface area contributed by atoms with Crippen LogP contribution in [0.1, 0.15) is 31.6 Å². The lowest BCUT2D eigenvalue weighted by molar-refractivity contribution is 0.0824. The number of hydrogen-bond acceptors (Lipinski definition) is 6. The molecule has 0 spiro atoms. The fraction of sp³-hybridized carbons (Fsp3) is 0.227. The lowest BCUT2D eigenvalue weighted by atomic mass is 10.0. The Kier molecular flexibility index (Phi) is 4.38. The Labute approximate surface area is 170 Å². The second kappa shape index (κ2) is 6.77. The number of rotatable bonds is 6. The quantitative estimate of drug-likeness (QED) is 0.438. The highest BCUT2D eigenvalue weighted by Gasteiger charge is 2.46. The Morgan fingerprint density at radius 1 is 1.00 bits per heavy atom. The number of amides is 1. The van der Waals surface area contributed by atoms with Crippen molar-refractivity contribution < 1.29 is 12.8 Å². The largest absolute Gasteiger partial charge is 0.505 e. The van der Waals surface area contributed by atoms with E-state index in [0.29, 0.717) is 0 Å². The summed E-state index contributed by atoms with van der Waals surface area (Å²) in [4.78, 5) is 38.0. The fourth-order valence-corrected chi connectivity index (χ4v) is 3.43. The molecule has 0 radical (unpaired) electrons. The van der Waals surface area contributed by atoms with Crippen LogP contribution in [0.25, 0.3) is 0 Å². The number of benzene rings is 2. The zero-order valence-electron chi connectivity index (χ0n) is 16.2. The molecule has 0 aromatic heterocycles. The molecule has 0 atom stereocenters. The van der Waals surface area contributed by atoms with Crippen LogP contribution in [0.3, 0.4) is 0 Å². The summed E-state index contributed by atoms with van der Waals surface area (Å²) >= 11 is 0. The molecule has 0 unspecified atom stereocenters. The van der Waals surface area contributed by atoms with Crippen molar-refractivity contribution in [1.82, 2.24) is 4.90 Å². The number of phenols is 1. The molecule has 1 saturated carbocycles. The van der Waals surface area contributed by atoms with Gasteiger partial charge in [0.25, 0.3) is 16.8 Å². The van der Waals surface area contributed by atoms with Crippen molar-refractivity contribution in [3.05, 3.63) is 80.1 Å². The molecule has 1 fully saturated rings. The Morgan fingerprint density at radius 2 is 1.66 bits per heavy atom. The molecule has 1 aliphatic rings. The summed E-state index contributed by atoms with van der Waals surface area (Å²) in [5.41, 5.74) is 0.0656. The minimum Gasteiger partial charge on any atom is -0.505 e. The van der Waals surface area contributed by atoms with Crippen molar-refractivity contribution in [3.63, 3.8) is 0 Å². The van der Waals surface area contributed by atoms with Gasteiger partial charge < -0.3 is 20.6 Å². The molecule has 1 amide bonds. The molecule has 3 aromatic carbocycles. The fourth-order valence-electron chi connectivity index (χ4n) is 3.43. The summed E-state index contributed by atoms with van der Waals surface area (Å²) in [6.07, 6.45) is 1.71. The molecule has 7 nitrogen and oxygen atoms in total. The Morgan fingerprint density at radius 3 is 2.28 bits per heavy atom. The second-order valence-electron chi connectivity index (χ2n) is 7.51. The number of nitrogens with zero attached hydrogens (tertiary/aromatic N) is 1. The Bertz CT molecular complexity index is 1170. The van der Waals surface area contributed by atoms with E-state index >= 15 is 0 Å². The van der Waals surface area contributed by atoms with Crippen LogP contribution in [-0.2, 0) is 5.54 Å². The molecule has 0 aliphatic heterocycles. The average molecular weight is 395 g/mol. The van der Waals surface area contributed by atoms with E-state index in [9.17, 15) is 19.5 Å². The first-order valence-corrected chi connectivity index (χ1v) is 9.32. The van der Waals surface area contributed by atoms with Crippen LogP contribution in [0.4, 0.5) is 17.1 Å². The first-order valence-electron chi connectivity index (χ1n) is 9.32. The molecule has 4 rings (SSSR count). The summed E-state index contributed by atoms with van der Waals surface area (Å²) in [5, 5.41) is 16.6. The van der Waals surface area contributed by atoms with E-state index in [0.717, 1.165) is 18.4 Å². The van der Waals surface area contributed by atoms with Crippen molar-refractivity contribution >= 4 is 23.0 Å². The number of phenolic OH excluding ortho intramolecular Hbond substituents is 1. The van der Waals surface area contributed by atoms with Gasteiger partial charge in [0.15, 0.2) is 5.75 Å². The third-order valence-corrected chi connectivity index (χ3v) is 5.28. The molecular weight excluding hydrogens is 370 g/mol. The molecule has 152 valence electrons. The van der Waals surface area contributed by atoms with E-state index < -0.39 is 10.9 Å². The minimum atomic E-state index is -0.653. The molecular formula is C22H25N3O4. The summed E-state index contributed by atoms with van der Waals surface area (Å²) < 4.78 is 0. The van der Waals surface area contributed by atoms with Crippen LogP contribution in [0, 0.1) is 0 Å². The summed E-state index contributed by atoms with van der Waals surface area (Å²) in [6, 6.07) is 14.4. The number of aromatic hydroxyl groups is 1. The van der Waals surface area contributed by atoms with Crippen LogP contribution in [0.5, 0.6) is 5.75 Å². The van der Waals surface area contributed by atoms with Crippen LogP contribution >= 0.6 is 0 Å². The van der Waals surface area contributed by atoms with Gasteiger partial charge >= 0.3 is 0 Å². The van der Waals surface area contributed by atoms with E-state index in [1.807, 2.05) is 30.3 Å². The molecule has 29 heavy (non-hydrogen) atoms. The number of hydrogen-bond donors (Lipinski definition) is 3. The summed E-state index contributed by atoms with van der Waals surface area (Å²) in [5.74, 6) is -0.634. The van der Waals surface area contributed by atoms with Crippen molar-refractivity contribution in [2.75, 3.05) is 24.7 Å². The highest BCUT2D eigenvalue weighted by atomic mass is 16.3. The second-order valence-corrected chi connectivity index (χ2v) is 7.51. The van der Waals surface area contributed by atoms with Crippen LogP contribution in [0.15, 0.2) is 58.1 Å². The van der Waals surface area contributed by atoms with Gasteiger partial charge in [-0.15, -0.1) is 0 Å². The molecule has 1 aliphatic carbocycles. The van der Waals surface area contributed by atoms with E-state index in [1.165, 1.54) is 11.0 Å². The average Bonchev–Trinajstić information content (AvgIpc) is 3.52.